The van der Waals surface area contributed by atoms with Crippen LogP contribution in [0.15, 0.2) is 24.4 Å². The number of piperidine rings is 1. The number of nitrogens with one attached hydrogen (secondary N) is 1. The van der Waals surface area contributed by atoms with Crippen LogP contribution < -0.4 is 9.72 Å². The first-order chi connectivity index (χ1) is 10.2. The van der Waals surface area contributed by atoms with E-state index >= 15 is 0 Å². The van der Waals surface area contributed by atoms with Gasteiger partial charge in [-0.15, -0.1) is 0 Å². The summed E-state index contributed by atoms with van der Waals surface area (Å²) < 4.78 is 5.52. The number of fused-ring (bicyclic) bond motifs is 1. The number of carbonyl (C=O) groups excluding carboxylic acids is 1. The SMILES string of the molecule is O=C(Oc1c(Cl)cc(Cl)c2ccc[nH+]c12)N1CCCCC1. The molecule has 1 amide bonds. The second kappa shape index (κ2) is 6.08. The highest BCUT2D eigenvalue weighted by Gasteiger charge is 2.23. The van der Waals surface area contributed by atoms with Crippen molar-refractivity contribution in [2.24, 2.45) is 0 Å². The van der Waals surface area contributed by atoms with Crippen molar-refractivity contribution in [3.8, 4) is 5.75 Å². The third-order valence-electron chi connectivity index (χ3n) is 3.61. The zero-order chi connectivity index (χ0) is 14.8. The van der Waals surface area contributed by atoms with Gasteiger partial charge in [0.25, 0.3) is 5.52 Å². The molecule has 1 aromatic heterocycles. The lowest BCUT2D eigenvalue weighted by molar-refractivity contribution is -0.345. The van der Waals surface area contributed by atoms with Crippen LogP contribution >= 0.6 is 23.2 Å². The number of likely N-dealkylation sites (tertiary alicyclic amines) is 1. The largest absolute Gasteiger partial charge is 0.415 e. The Balaban J connectivity index is 1.94. The van der Waals surface area contributed by atoms with Gasteiger partial charge in [-0.3, -0.25) is 0 Å². The van der Waals surface area contributed by atoms with E-state index in [1.165, 1.54) is 0 Å². The number of hydrogen-bond acceptors (Lipinski definition) is 2. The fraction of sp³-hybridized carbons (Fsp3) is 0.333. The van der Waals surface area contributed by atoms with Gasteiger partial charge in [0.1, 0.15) is 0 Å². The zero-order valence-electron chi connectivity index (χ0n) is 11.4. The zero-order valence-corrected chi connectivity index (χ0v) is 12.9. The lowest BCUT2D eigenvalue weighted by atomic mass is 10.1. The maximum atomic E-state index is 12.2. The molecule has 1 aliphatic heterocycles. The molecule has 2 heterocycles. The lowest BCUT2D eigenvalue weighted by Crippen LogP contribution is -2.37. The third kappa shape index (κ3) is 2.92. The van der Waals surface area contributed by atoms with Gasteiger partial charge < -0.3 is 9.64 Å². The molecule has 0 radical (unpaired) electrons. The number of pyridine rings is 1. The van der Waals surface area contributed by atoms with Crippen molar-refractivity contribution >= 4 is 40.2 Å². The van der Waals surface area contributed by atoms with Gasteiger partial charge in [0.05, 0.1) is 15.4 Å². The van der Waals surface area contributed by atoms with Crippen molar-refractivity contribution in [2.75, 3.05) is 13.1 Å². The van der Waals surface area contributed by atoms with E-state index in [4.69, 9.17) is 27.9 Å². The van der Waals surface area contributed by atoms with Gasteiger partial charge >= 0.3 is 6.09 Å². The minimum Gasteiger partial charge on any atom is -0.401 e. The second-order valence-corrected chi connectivity index (χ2v) is 5.86. The van der Waals surface area contributed by atoms with E-state index in [9.17, 15) is 4.79 Å². The Morgan fingerprint density at radius 1 is 1.19 bits per heavy atom. The summed E-state index contributed by atoms with van der Waals surface area (Å²) in [6.45, 7) is 1.46. The molecule has 1 aliphatic rings. The molecule has 0 aliphatic carbocycles. The summed E-state index contributed by atoms with van der Waals surface area (Å²) in [5.41, 5.74) is 0.625. The molecule has 0 saturated carbocycles. The molecule has 1 saturated heterocycles. The first kappa shape index (κ1) is 14.4. The van der Waals surface area contributed by atoms with Gasteiger partial charge in [-0.1, -0.05) is 23.2 Å². The summed E-state index contributed by atoms with van der Waals surface area (Å²) in [6.07, 6.45) is 4.56. The first-order valence-electron chi connectivity index (χ1n) is 6.92. The highest BCUT2D eigenvalue weighted by Crippen LogP contribution is 2.36. The highest BCUT2D eigenvalue weighted by molar-refractivity contribution is 6.39. The second-order valence-electron chi connectivity index (χ2n) is 5.04. The van der Waals surface area contributed by atoms with E-state index in [0.29, 0.717) is 21.3 Å². The molecule has 4 nitrogen and oxygen atoms in total. The Morgan fingerprint density at radius 2 is 1.95 bits per heavy atom. The summed E-state index contributed by atoms with van der Waals surface area (Å²) in [5, 5.41) is 1.61. The van der Waals surface area contributed by atoms with Crippen molar-refractivity contribution in [1.82, 2.24) is 4.90 Å². The Labute approximate surface area is 132 Å². The van der Waals surface area contributed by atoms with Crippen molar-refractivity contribution < 1.29 is 14.5 Å². The Kier molecular flexibility index (Phi) is 4.17. The molecule has 6 heteroatoms. The smallest absolute Gasteiger partial charge is 0.401 e. The molecule has 1 fully saturated rings. The number of ether oxygens (including phenoxy) is 1. The van der Waals surface area contributed by atoms with E-state index in [-0.39, 0.29) is 6.09 Å². The normalized spacial score (nSPS) is 15.2. The summed E-state index contributed by atoms with van der Waals surface area (Å²) in [6, 6.07) is 5.28. The van der Waals surface area contributed by atoms with Crippen LogP contribution in [0.5, 0.6) is 5.75 Å². The van der Waals surface area contributed by atoms with E-state index in [0.717, 1.165) is 37.7 Å². The summed E-state index contributed by atoms with van der Waals surface area (Å²) >= 11 is 12.4. The number of rotatable bonds is 1. The number of H-pyrrole nitrogens is 1. The van der Waals surface area contributed by atoms with Crippen LogP contribution in [0.3, 0.4) is 0 Å². The number of nitrogens with zero attached hydrogens (tertiary/aromatic N) is 1. The molecular formula is C15H15Cl2N2O2+. The number of halogens is 2. The van der Waals surface area contributed by atoms with Gasteiger partial charge in [-0.25, -0.2) is 9.78 Å². The predicted molar refractivity (Wildman–Crippen MR) is 82.0 cm³/mol. The molecule has 1 aromatic carbocycles. The Morgan fingerprint density at radius 3 is 2.71 bits per heavy atom. The molecule has 3 rings (SSSR count). The van der Waals surface area contributed by atoms with Crippen molar-refractivity contribution in [3.63, 3.8) is 0 Å². The third-order valence-corrected chi connectivity index (χ3v) is 4.21. The molecule has 2 aromatic rings. The van der Waals surface area contributed by atoms with Gasteiger partial charge in [0.2, 0.25) is 5.75 Å². The highest BCUT2D eigenvalue weighted by atomic mass is 35.5. The van der Waals surface area contributed by atoms with Crippen LogP contribution in [0.4, 0.5) is 4.79 Å². The molecule has 0 bridgehead atoms. The number of benzene rings is 1. The number of carbonyl (C=O) groups is 1. The van der Waals surface area contributed by atoms with Crippen molar-refractivity contribution in [1.29, 1.82) is 0 Å². The van der Waals surface area contributed by atoms with Crippen LogP contribution in [-0.4, -0.2) is 24.1 Å². The van der Waals surface area contributed by atoms with Gasteiger partial charge in [0.15, 0.2) is 6.20 Å². The number of aromatic amines is 1. The fourth-order valence-electron chi connectivity index (χ4n) is 2.53. The summed E-state index contributed by atoms with van der Waals surface area (Å²) in [4.78, 5) is 17.0. The van der Waals surface area contributed by atoms with Crippen LogP contribution in [-0.2, 0) is 0 Å². The first-order valence-corrected chi connectivity index (χ1v) is 7.67. The van der Waals surface area contributed by atoms with E-state index in [1.54, 1.807) is 17.2 Å². The lowest BCUT2D eigenvalue weighted by Gasteiger charge is -2.25. The van der Waals surface area contributed by atoms with Crippen LogP contribution in [0.25, 0.3) is 10.9 Å². The van der Waals surface area contributed by atoms with Crippen molar-refractivity contribution in [3.05, 3.63) is 34.4 Å². The Bertz CT molecular complexity index is 685. The molecule has 0 atom stereocenters. The quantitative estimate of drug-likeness (QED) is 0.796. The average molecular weight is 326 g/mol. The monoisotopic (exact) mass is 325 g/mol. The van der Waals surface area contributed by atoms with E-state index in [1.807, 2.05) is 12.1 Å². The topological polar surface area (TPSA) is 43.7 Å². The fourth-order valence-corrected chi connectivity index (χ4v) is 3.09. The molecule has 0 unspecified atom stereocenters. The number of aromatic nitrogens is 1. The molecule has 0 spiro atoms. The maximum Gasteiger partial charge on any atom is 0.415 e. The van der Waals surface area contributed by atoms with Crippen LogP contribution in [0.2, 0.25) is 10.0 Å². The molecule has 110 valence electrons. The van der Waals surface area contributed by atoms with Crippen LogP contribution in [0.1, 0.15) is 19.3 Å². The van der Waals surface area contributed by atoms with Gasteiger partial charge in [-0.05, 0) is 31.4 Å². The average Bonchev–Trinajstić information content (AvgIpc) is 2.52. The van der Waals surface area contributed by atoms with E-state index < -0.39 is 0 Å². The minimum absolute atomic E-state index is 0.320. The van der Waals surface area contributed by atoms with E-state index in [2.05, 4.69) is 4.98 Å². The summed E-state index contributed by atoms with van der Waals surface area (Å²) in [7, 11) is 0. The number of amides is 1. The maximum absolute atomic E-state index is 12.2. The Hall–Kier alpha value is -1.52. The predicted octanol–water partition coefficient (Wildman–Crippen LogP) is 3.95. The number of hydrogen-bond donors (Lipinski definition) is 0. The molecular weight excluding hydrogens is 311 g/mol. The molecule has 1 N–H and O–H groups in total. The van der Waals surface area contributed by atoms with Crippen LogP contribution in [0, 0.1) is 0 Å². The minimum atomic E-state index is -0.363. The van der Waals surface area contributed by atoms with Gasteiger partial charge in [-0.2, -0.15) is 0 Å². The standard InChI is InChI=1S/C15H14Cl2N2O2/c16-11-9-12(17)14(13-10(11)5-4-6-18-13)21-15(20)19-7-2-1-3-8-19/h4-6,9H,1-3,7-8H2/p+1. The summed E-state index contributed by atoms with van der Waals surface area (Å²) in [5.74, 6) is 0.326. The molecule has 21 heavy (non-hydrogen) atoms. The van der Waals surface area contributed by atoms with Gasteiger partial charge in [0, 0.05) is 19.2 Å². The van der Waals surface area contributed by atoms with Crippen molar-refractivity contribution in [2.45, 2.75) is 19.3 Å².